The lowest BCUT2D eigenvalue weighted by atomic mass is 10.0. The van der Waals surface area contributed by atoms with Crippen molar-refractivity contribution in [3.8, 4) is 0 Å². The number of ether oxygens (including phenoxy) is 1. The summed E-state index contributed by atoms with van der Waals surface area (Å²) in [6.45, 7) is 12.7. The summed E-state index contributed by atoms with van der Waals surface area (Å²) >= 11 is 1.43. The summed E-state index contributed by atoms with van der Waals surface area (Å²) < 4.78 is 12.3. The molecule has 0 saturated carbocycles. The van der Waals surface area contributed by atoms with Gasteiger partial charge in [-0.15, -0.1) is 0 Å². The van der Waals surface area contributed by atoms with Gasteiger partial charge in [0.25, 0.3) is 0 Å². The van der Waals surface area contributed by atoms with Crippen molar-refractivity contribution in [2.45, 2.75) is 80.6 Å². The van der Waals surface area contributed by atoms with E-state index in [4.69, 9.17) is 9.16 Å². The molecule has 0 aliphatic carbocycles. The number of rotatable bonds is 4. The van der Waals surface area contributed by atoms with Crippen LogP contribution < -0.4 is 0 Å². The van der Waals surface area contributed by atoms with Crippen molar-refractivity contribution in [1.82, 2.24) is 0 Å². The fourth-order valence-electron chi connectivity index (χ4n) is 2.42. The van der Waals surface area contributed by atoms with E-state index in [1.807, 2.05) is 37.3 Å². The molecule has 136 valence electrons. The van der Waals surface area contributed by atoms with Gasteiger partial charge >= 0.3 is 0 Å². The molecule has 1 heterocycles. The van der Waals surface area contributed by atoms with Crippen LogP contribution in [0.4, 0.5) is 0 Å². The van der Waals surface area contributed by atoms with Crippen LogP contribution in [-0.4, -0.2) is 48.4 Å². The molecule has 5 atom stereocenters. The highest BCUT2D eigenvalue weighted by molar-refractivity contribution is 7.99. The molecule has 1 aliphatic heterocycles. The zero-order chi connectivity index (χ0) is 18.1. The summed E-state index contributed by atoms with van der Waals surface area (Å²) in [6, 6.07) is 9.77. The third-order valence-corrected chi connectivity index (χ3v) is 10.6. The van der Waals surface area contributed by atoms with Gasteiger partial charge in [-0.2, -0.15) is 0 Å². The second-order valence-corrected chi connectivity index (χ2v) is 13.9. The Morgan fingerprint density at radius 2 is 1.67 bits per heavy atom. The van der Waals surface area contributed by atoms with Crippen LogP contribution in [0.25, 0.3) is 0 Å². The van der Waals surface area contributed by atoms with Gasteiger partial charge < -0.3 is 19.4 Å². The van der Waals surface area contributed by atoms with Crippen molar-refractivity contribution < 1.29 is 19.4 Å². The Morgan fingerprint density at radius 3 is 2.21 bits per heavy atom. The largest absolute Gasteiger partial charge is 0.409 e. The van der Waals surface area contributed by atoms with Crippen molar-refractivity contribution in [1.29, 1.82) is 0 Å². The van der Waals surface area contributed by atoms with Gasteiger partial charge in [-0.1, -0.05) is 50.7 Å². The zero-order valence-corrected chi connectivity index (χ0v) is 17.2. The van der Waals surface area contributed by atoms with E-state index in [1.54, 1.807) is 0 Å². The van der Waals surface area contributed by atoms with E-state index in [1.165, 1.54) is 11.8 Å². The Morgan fingerprint density at radius 1 is 1.08 bits per heavy atom. The first-order chi connectivity index (χ1) is 11.0. The number of hydrogen-bond acceptors (Lipinski definition) is 5. The first-order valence-corrected chi connectivity index (χ1v) is 12.2. The van der Waals surface area contributed by atoms with Gasteiger partial charge in [-0.25, -0.2) is 0 Å². The van der Waals surface area contributed by atoms with Gasteiger partial charge in [0.15, 0.2) is 8.32 Å². The molecule has 1 aromatic carbocycles. The van der Waals surface area contributed by atoms with E-state index >= 15 is 0 Å². The lowest BCUT2D eigenvalue weighted by Crippen LogP contribution is -2.60. The molecule has 1 aliphatic rings. The number of benzene rings is 1. The third kappa shape index (κ3) is 4.42. The molecular formula is C18H30O4SSi. The van der Waals surface area contributed by atoms with E-state index < -0.39 is 32.1 Å². The van der Waals surface area contributed by atoms with E-state index in [0.717, 1.165) is 4.90 Å². The second-order valence-electron chi connectivity index (χ2n) is 7.96. The predicted octanol–water partition coefficient (Wildman–Crippen LogP) is 3.64. The molecular weight excluding hydrogens is 340 g/mol. The summed E-state index contributed by atoms with van der Waals surface area (Å²) in [5, 5.41) is 21.2. The van der Waals surface area contributed by atoms with E-state index in [9.17, 15) is 10.2 Å². The maximum absolute atomic E-state index is 10.6. The fourth-order valence-corrected chi connectivity index (χ4v) is 4.89. The third-order valence-electron chi connectivity index (χ3n) is 5.01. The Bertz CT molecular complexity index is 532. The molecule has 4 nitrogen and oxygen atoms in total. The Labute approximate surface area is 150 Å². The molecule has 0 aromatic heterocycles. The topological polar surface area (TPSA) is 58.9 Å². The molecule has 0 radical (unpaired) electrons. The van der Waals surface area contributed by atoms with Crippen LogP contribution >= 0.6 is 11.8 Å². The highest BCUT2D eigenvalue weighted by atomic mass is 32.2. The van der Waals surface area contributed by atoms with Gasteiger partial charge in [-0.05, 0) is 37.2 Å². The molecule has 0 bridgehead atoms. The predicted molar refractivity (Wildman–Crippen MR) is 101 cm³/mol. The lowest BCUT2D eigenvalue weighted by molar-refractivity contribution is -0.187. The van der Waals surface area contributed by atoms with Crippen molar-refractivity contribution in [2.75, 3.05) is 0 Å². The zero-order valence-electron chi connectivity index (χ0n) is 15.4. The maximum atomic E-state index is 10.6. The Hall–Kier alpha value is -0.373. The molecule has 2 rings (SSSR count). The van der Waals surface area contributed by atoms with Gasteiger partial charge in [-0.3, -0.25) is 0 Å². The van der Waals surface area contributed by atoms with E-state index in [2.05, 4.69) is 33.9 Å². The van der Waals surface area contributed by atoms with Crippen molar-refractivity contribution in [3.63, 3.8) is 0 Å². The minimum absolute atomic E-state index is 0.0348. The Kier molecular flexibility index (Phi) is 6.21. The smallest absolute Gasteiger partial charge is 0.192 e. The maximum Gasteiger partial charge on any atom is 0.192 e. The highest BCUT2D eigenvalue weighted by Gasteiger charge is 2.48. The number of aliphatic hydroxyl groups is 2. The second kappa shape index (κ2) is 7.48. The standard InChI is InChI=1S/C18H30O4SSi/c1-12-16(22-24(5,6)18(2,3)4)14(19)15(20)17(21-12)23-13-10-8-7-9-11-13/h7-12,14-17,19-20H,1-6H3/t12-,14-,15+,16-,17-/m1/s1. The minimum atomic E-state index is -2.06. The molecule has 1 saturated heterocycles. The number of aliphatic hydroxyl groups excluding tert-OH is 2. The van der Waals surface area contributed by atoms with E-state index in [0.29, 0.717) is 0 Å². The molecule has 2 N–H and O–H groups in total. The van der Waals surface area contributed by atoms with Crippen LogP contribution in [0.1, 0.15) is 27.7 Å². The average Bonchev–Trinajstić information content (AvgIpc) is 2.49. The van der Waals surface area contributed by atoms with Crippen molar-refractivity contribution in [2.24, 2.45) is 0 Å². The van der Waals surface area contributed by atoms with Crippen LogP contribution in [0, 0.1) is 0 Å². The SMILES string of the molecule is C[C@H]1O[C@H](Sc2ccccc2)[C@@H](O)[C@@H](O)[C@@H]1O[Si](C)(C)C(C)(C)C. The summed E-state index contributed by atoms with van der Waals surface area (Å²) in [5.74, 6) is 0. The summed E-state index contributed by atoms with van der Waals surface area (Å²) in [5.41, 5.74) is -0.503. The van der Waals surface area contributed by atoms with Crippen LogP contribution in [0.15, 0.2) is 35.2 Å². The van der Waals surface area contributed by atoms with Crippen molar-refractivity contribution in [3.05, 3.63) is 30.3 Å². The normalized spacial score (nSPS) is 31.9. The molecule has 1 fully saturated rings. The summed E-state index contributed by atoms with van der Waals surface area (Å²) in [7, 11) is -2.06. The highest BCUT2D eigenvalue weighted by Crippen LogP contribution is 2.40. The number of hydrogen-bond donors (Lipinski definition) is 2. The van der Waals surface area contributed by atoms with Crippen LogP contribution in [-0.2, 0) is 9.16 Å². The van der Waals surface area contributed by atoms with Gasteiger partial charge in [0.1, 0.15) is 17.6 Å². The fraction of sp³-hybridized carbons (Fsp3) is 0.667. The summed E-state index contributed by atoms with van der Waals surface area (Å²) in [6.07, 6.45) is -2.72. The molecule has 0 amide bonds. The van der Waals surface area contributed by atoms with E-state index in [-0.39, 0.29) is 11.1 Å². The van der Waals surface area contributed by atoms with Crippen molar-refractivity contribution >= 4 is 20.1 Å². The Balaban J connectivity index is 2.09. The van der Waals surface area contributed by atoms with Gasteiger partial charge in [0.2, 0.25) is 0 Å². The molecule has 0 spiro atoms. The number of thioether (sulfide) groups is 1. The van der Waals surface area contributed by atoms with Crippen LogP contribution in [0.3, 0.4) is 0 Å². The molecule has 24 heavy (non-hydrogen) atoms. The minimum Gasteiger partial charge on any atom is -0.409 e. The molecule has 0 unspecified atom stereocenters. The van der Waals surface area contributed by atoms with Gasteiger partial charge in [0, 0.05) is 4.90 Å². The van der Waals surface area contributed by atoms with Crippen LogP contribution in [0.5, 0.6) is 0 Å². The molecule has 1 aromatic rings. The quantitative estimate of drug-likeness (QED) is 0.793. The first kappa shape index (κ1) is 19.9. The lowest BCUT2D eigenvalue weighted by Gasteiger charge is -2.46. The average molecular weight is 371 g/mol. The molecule has 6 heteroatoms. The van der Waals surface area contributed by atoms with Gasteiger partial charge in [0.05, 0.1) is 12.2 Å². The monoisotopic (exact) mass is 370 g/mol. The van der Waals surface area contributed by atoms with Crippen LogP contribution in [0.2, 0.25) is 18.1 Å². The summed E-state index contributed by atoms with van der Waals surface area (Å²) in [4.78, 5) is 1.00. The first-order valence-electron chi connectivity index (χ1n) is 8.44.